The van der Waals surface area contributed by atoms with Crippen molar-refractivity contribution in [1.82, 2.24) is 20.1 Å². The molecular formula is C13H16BrClN4. The maximum absolute atomic E-state index is 6.29. The molecule has 0 aliphatic carbocycles. The lowest BCUT2D eigenvalue weighted by Crippen LogP contribution is -2.22. The van der Waals surface area contributed by atoms with Gasteiger partial charge in [-0.25, -0.2) is 0 Å². The van der Waals surface area contributed by atoms with Crippen molar-refractivity contribution < 1.29 is 0 Å². The molecule has 1 N–H and O–H groups in total. The van der Waals surface area contributed by atoms with Crippen molar-refractivity contribution in [2.24, 2.45) is 0 Å². The van der Waals surface area contributed by atoms with Crippen LogP contribution in [-0.2, 0) is 6.54 Å². The summed E-state index contributed by atoms with van der Waals surface area (Å²) in [4.78, 5) is 4.21. The molecule has 6 heteroatoms. The Bertz CT molecular complexity index is 555. The minimum absolute atomic E-state index is 0.0217. The number of pyridine rings is 1. The second kappa shape index (κ2) is 6.50. The molecule has 0 saturated carbocycles. The Morgan fingerprint density at radius 1 is 1.42 bits per heavy atom. The van der Waals surface area contributed by atoms with Crippen molar-refractivity contribution in [3.8, 4) is 0 Å². The fourth-order valence-corrected chi connectivity index (χ4v) is 2.73. The monoisotopic (exact) mass is 342 g/mol. The summed E-state index contributed by atoms with van der Waals surface area (Å²) in [5.41, 5.74) is 2.03. The van der Waals surface area contributed by atoms with E-state index in [0.717, 1.165) is 28.7 Å². The zero-order valence-electron chi connectivity index (χ0n) is 10.9. The van der Waals surface area contributed by atoms with Crippen LogP contribution in [0, 0.1) is 0 Å². The summed E-state index contributed by atoms with van der Waals surface area (Å²) in [6, 6.07) is 2.01. The van der Waals surface area contributed by atoms with Gasteiger partial charge in [0, 0.05) is 23.4 Å². The first-order valence-corrected chi connectivity index (χ1v) is 7.33. The molecule has 0 amide bonds. The van der Waals surface area contributed by atoms with Gasteiger partial charge in [0.1, 0.15) is 0 Å². The number of halogens is 2. The highest BCUT2D eigenvalue weighted by Crippen LogP contribution is 2.29. The van der Waals surface area contributed by atoms with Crippen LogP contribution in [0.2, 0.25) is 5.02 Å². The van der Waals surface area contributed by atoms with Crippen LogP contribution in [0.5, 0.6) is 0 Å². The van der Waals surface area contributed by atoms with E-state index in [1.807, 2.05) is 24.0 Å². The quantitative estimate of drug-likeness (QED) is 0.904. The van der Waals surface area contributed by atoms with Gasteiger partial charge in [0.05, 0.1) is 23.0 Å². The third-order valence-electron chi connectivity index (χ3n) is 2.89. The topological polar surface area (TPSA) is 42.7 Å². The van der Waals surface area contributed by atoms with E-state index in [4.69, 9.17) is 11.6 Å². The van der Waals surface area contributed by atoms with Gasteiger partial charge < -0.3 is 5.32 Å². The first-order chi connectivity index (χ1) is 9.17. The second-order valence-corrected chi connectivity index (χ2v) is 5.58. The van der Waals surface area contributed by atoms with E-state index >= 15 is 0 Å². The zero-order valence-corrected chi connectivity index (χ0v) is 13.2. The van der Waals surface area contributed by atoms with Crippen LogP contribution in [-0.4, -0.2) is 21.8 Å². The summed E-state index contributed by atoms with van der Waals surface area (Å²) in [6.07, 6.45) is 6.31. The molecule has 1 atom stereocenters. The Morgan fingerprint density at radius 2 is 2.21 bits per heavy atom. The largest absolute Gasteiger partial charge is 0.308 e. The van der Waals surface area contributed by atoms with Gasteiger partial charge in [-0.1, -0.05) is 18.5 Å². The Balaban J connectivity index is 2.44. The van der Waals surface area contributed by atoms with Gasteiger partial charge in [-0.05, 0) is 41.0 Å². The molecule has 0 bridgehead atoms. The molecule has 2 aromatic rings. The van der Waals surface area contributed by atoms with Gasteiger partial charge in [0.15, 0.2) is 0 Å². The summed E-state index contributed by atoms with van der Waals surface area (Å²) in [7, 11) is 1.91. The Morgan fingerprint density at radius 3 is 2.84 bits per heavy atom. The van der Waals surface area contributed by atoms with Gasteiger partial charge in [0.25, 0.3) is 0 Å². The van der Waals surface area contributed by atoms with E-state index in [1.165, 1.54) is 0 Å². The smallest absolute Gasteiger partial charge is 0.0837 e. The van der Waals surface area contributed by atoms with E-state index in [0.29, 0.717) is 5.02 Å². The van der Waals surface area contributed by atoms with E-state index in [9.17, 15) is 0 Å². The number of rotatable bonds is 5. The highest BCUT2D eigenvalue weighted by molar-refractivity contribution is 9.10. The molecule has 19 heavy (non-hydrogen) atoms. The third-order valence-corrected chi connectivity index (χ3v) is 3.62. The van der Waals surface area contributed by atoms with Crippen LogP contribution >= 0.6 is 27.5 Å². The van der Waals surface area contributed by atoms with Crippen molar-refractivity contribution in [3.63, 3.8) is 0 Å². The second-order valence-electron chi connectivity index (χ2n) is 4.26. The summed E-state index contributed by atoms with van der Waals surface area (Å²) in [5.74, 6) is 0. The van der Waals surface area contributed by atoms with Crippen LogP contribution in [0.25, 0.3) is 0 Å². The van der Waals surface area contributed by atoms with Crippen LogP contribution in [0.15, 0.2) is 29.1 Å². The molecule has 1 unspecified atom stereocenters. The fraction of sp³-hybridized carbons (Fsp3) is 0.385. The van der Waals surface area contributed by atoms with Gasteiger partial charge in [-0.3, -0.25) is 9.67 Å². The molecule has 2 heterocycles. The lowest BCUT2D eigenvalue weighted by atomic mass is 10.1. The Hall–Kier alpha value is -0.910. The number of nitrogens with one attached hydrogen (secondary N) is 1. The number of aromatic nitrogens is 3. The first kappa shape index (κ1) is 14.5. The molecule has 4 nitrogen and oxygen atoms in total. The number of hydrogen-bond donors (Lipinski definition) is 1. The average molecular weight is 344 g/mol. The van der Waals surface area contributed by atoms with E-state index < -0.39 is 0 Å². The van der Waals surface area contributed by atoms with Crippen molar-refractivity contribution in [2.45, 2.75) is 25.9 Å². The SMILES string of the molecule is CCCn1ncc(Cl)c1C(NC)c1cncc(Br)c1. The minimum Gasteiger partial charge on any atom is -0.308 e. The van der Waals surface area contributed by atoms with Crippen LogP contribution < -0.4 is 5.32 Å². The van der Waals surface area contributed by atoms with Crippen LogP contribution in [0.4, 0.5) is 0 Å². The molecule has 2 aromatic heterocycles. The molecule has 0 spiro atoms. The summed E-state index contributed by atoms with van der Waals surface area (Å²) >= 11 is 9.73. The molecule has 0 radical (unpaired) electrons. The van der Waals surface area contributed by atoms with E-state index in [2.05, 4.69) is 38.3 Å². The zero-order chi connectivity index (χ0) is 13.8. The maximum Gasteiger partial charge on any atom is 0.0837 e. The number of aryl methyl sites for hydroxylation is 1. The molecule has 102 valence electrons. The Labute approximate surface area is 126 Å². The summed E-state index contributed by atoms with van der Waals surface area (Å²) < 4.78 is 2.90. The highest BCUT2D eigenvalue weighted by atomic mass is 79.9. The summed E-state index contributed by atoms with van der Waals surface area (Å²) in [6.45, 7) is 2.97. The number of nitrogens with zero attached hydrogens (tertiary/aromatic N) is 3. The third kappa shape index (κ3) is 3.16. The van der Waals surface area contributed by atoms with Crippen molar-refractivity contribution in [3.05, 3.63) is 45.4 Å². The summed E-state index contributed by atoms with van der Waals surface area (Å²) in [5, 5.41) is 8.29. The van der Waals surface area contributed by atoms with Crippen LogP contribution in [0.3, 0.4) is 0 Å². The highest BCUT2D eigenvalue weighted by Gasteiger charge is 2.21. The van der Waals surface area contributed by atoms with Gasteiger partial charge in [0.2, 0.25) is 0 Å². The Kier molecular flexibility index (Phi) is 4.96. The molecule has 0 fully saturated rings. The van der Waals surface area contributed by atoms with E-state index in [-0.39, 0.29) is 6.04 Å². The molecule has 0 aliphatic heterocycles. The minimum atomic E-state index is -0.0217. The van der Waals surface area contributed by atoms with E-state index in [1.54, 1.807) is 12.4 Å². The van der Waals surface area contributed by atoms with Crippen LogP contribution in [0.1, 0.15) is 30.6 Å². The molecule has 2 rings (SSSR count). The maximum atomic E-state index is 6.29. The molecular weight excluding hydrogens is 328 g/mol. The fourth-order valence-electron chi connectivity index (χ4n) is 2.10. The van der Waals surface area contributed by atoms with Crippen molar-refractivity contribution in [2.75, 3.05) is 7.05 Å². The standard InChI is InChI=1S/C13H16BrClN4/c1-3-4-19-13(11(15)8-18-19)12(16-2)9-5-10(14)7-17-6-9/h5-8,12,16H,3-4H2,1-2H3. The van der Waals surface area contributed by atoms with Gasteiger partial charge >= 0.3 is 0 Å². The normalized spacial score (nSPS) is 12.6. The first-order valence-electron chi connectivity index (χ1n) is 6.16. The predicted octanol–water partition coefficient (Wildman–Crippen LogP) is 3.41. The van der Waals surface area contributed by atoms with Gasteiger partial charge in [-0.2, -0.15) is 5.10 Å². The lowest BCUT2D eigenvalue weighted by molar-refractivity contribution is 0.534. The molecule has 0 saturated heterocycles. The molecule has 0 aromatic carbocycles. The van der Waals surface area contributed by atoms with Gasteiger partial charge in [-0.15, -0.1) is 0 Å². The van der Waals surface area contributed by atoms with Crippen molar-refractivity contribution in [1.29, 1.82) is 0 Å². The predicted molar refractivity (Wildman–Crippen MR) is 80.4 cm³/mol. The van der Waals surface area contributed by atoms with Crippen molar-refractivity contribution >= 4 is 27.5 Å². The lowest BCUT2D eigenvalue weighted by Gasteiger charge is -2.19. The molecule has 0 aliphatic rings. The number of hydrogen-bond acceptors (Lipinski definition) is 3. The average Bonchev–Trinajstić information content (AvgIpc) is 2.74.